The highest BCUT2D eigenvalue weighted by Crippen LogP contribution is 2.22. The molecule has 0 saturated carbocycles. The third-order valence-corrected chi connectivity index (χ3v) is 5.72. The van der Waals surface area contributed by atoms with Gasteiger partial charge in [-0.25, -0.2) is 12.8 Å². The summed E-state index contributed by atoms with van der Waals surface area (Å²) < 4.78 is 38.9. The lowest BCUT2D eigenvalue weighted by molar-refractivity contribution is 0.101. The summed E-state index contributed by atoms with van der Waals surface area (Å²) in [4.78, 5) is 24.0. The van der Waals surface area contributed by atoms with Gasteiger partial charge in [0.15, 0.2) is 5.78 Å². The fraction of sp³-hybridized carbons (Fsp3) is 0.130. The molecule has 3 aromatic rings. The third kappa shape index (κ3) is 5.76. The number of nitrogens with one attached hydrogen (secondary N) is 1. The van der Waals surface area contributed by atoms with Crippen LogP contribution in [0, 0.1) is 5.82 Å². The van der Waals surface area contributed by atoms with Crippen molar-refractivity contribution in [3.05, 3.63) is 95.3 Å². The minimum atomic E-state index is -3.61. The molecule has 1 amide bonds. The van der Waals surface area contributed by atoms with Crippen LogP contribution in [0.4, 0.5) is 15.8 Å². The Morgan fingerprint density at radius 3 is 2.16 bits per heavy atom. The maximum Gasteiger partial charge on any atom is 0.255 e. The molecule has 8 heteroatoms. The van der Waals surface area contributed by atoms with Gasteiger partial charge in [-0.1, -0.05) is 24.3 Å². The van der Waals surface area contributed by atoms with Crippen molar-refractivity contribution in [1.82, 2.24) is 0 Å². The Bertz CT molecular complexity index is 1210. The number of rotatable bonds is 7. The zero-order valence-electron chi connectivity index (χ0n) is 17.0. The Balaban J connectivity index is 1.79. The monoisotopic (exact) mass is 440 g/mol. The van der Waals surface area contributed by atoms with E-state index in [4.69, 9.17) is 0 Å². The largest absolute Gasteiger partial charge is 0.322 e. The van der Waals surface area contributed by atoms with E-state index in [1.807, 2.05) is 0 Å². The molecule has 3 aromatic carbocycles. The topological polar surface area (TPSA) is 83.6 Å². The van der Waals surface area contributed by atoms with Crippen molar-refractivity contribution in [3.8, 4) is 0 Å². The number of benzene rings is 3. The molecule has 0 unspecified atom stereocenters. The number of anilines is 2. The van der Waals surface area contributed by atoms with Crippen LogP contribution in [0.15, 0.2) is 72.8 Å². The van der Waals surface area contributed by atoms with E-state index < -0.39 is 21.7 Å². The molecule has 0 fully saturated rings. The first-order valence-corrected chi connectivity index (χ1v) is 11.2. The van der Waals surface area contributed by atoms with E-state index in [2.05, 4.69) is 5.32 Å². The number of carbonyl (C=O) groups excluding carboxylic acids is 2. The summed E-state index contributed by atoms with van der Waals surface area (Å²) in [5.74, 6) is -0.905. The van der Waals surface area contributed by atoms with Gasteiger partial charge in [-0.2, -0.15) is 0 Å². The summed E-state index contributed by atoms with van der Waals surface area (Å²) in [7, 11) is -3.61. The Labute approximate surface area is 180 Å². The second kappa shape index (κ2) is 9.09. The molecule has 0 aliphatic rings. The number of carbonyl (C=O) groups is 2. The van der Waals surface area contributed by atoms with E-state index in [1.54, 1.807) is 24.3 Å². The number of hydrogen-bond acceptors (Lipinski definition) is 4. The molecule has 0 bridgehead atoms. The first-order valence-electron chi connectivity index (χ1n) is 9.38. The highest BCUT2D eigenvalue weighted by molar-refractivity contribution is 7.92. The number of nitrogens with zero attached hydrogens (tertiary/aromatic N) is 1. The molecule has 0 aliphatic carbocycles. The summed E-state index contributed by atoms with van der Waals surface area (Å²) >= 11 is 0. The molecule has 3 rings (SSSR count). The van der Waals surface area contributed by atoms with Crippen LogP contribution in [0.5, 0.6) is 0 Å². The van der Waals surface area contributed by atoms with Crippen molar-refractivity contribution >= 4 is 33.1 Å². The lowest BCUT2D eigenvalue weighted by Gasteiger charge is -2.22. The maximum absolute atomic E-state index is 13.1. The second-order valence-electron chi connectivity index (χ2n) is 7.03. The van der Waals surface area contributed by atoms with Crippen LogP contribution in [0.1, 0.15) is 33.2 Å². The number of hydrogen-bond donors (Lipinski definition) is 1. The van der Waals surface area contributed by atoms with E-state index in [9.17, 15) is 22.4 Å². The lowest BCUT2D eigenvalue weighted by atomic mass is 10.1. The average molecular weight is 440 g/mol. The van der Waals surface area contributed by atoms with Gasteiger partial charge in [0, 0.05) is 16.8 Å². The molecule has 0 saturated heterocycles. The molecule has 1 N–H and O–H groups in total. The smallest absolute Gasteiger partial charge is 0.255 e. The van der Waals surface area contributed by atoms with Gasteiger partial charge >= 0.3 is 0 Å². The predicted octanol–water partition coefficient (Wildman–Crippen LogP) is 4.25. The van der Waals surface area contributed by atoms with Gasteiger partial charge in [-0.3, -0.25) is 13.9 Å². The van der Waals surface area contributed by atoms with E-state index in [0.29, 0.717) is 28.1 Å². The van der Waals surface area contributed by atoms with Gasteiger partial charge in [0.2, 0.25) is 10.0 Å². The molecular formula is C23H21FN2O4S. The fourth-order valence-electron chi connectivity index (χ4n) is 2.95. The molecule has 0 aromatic heterocycles. The van der Waals surface area contributed by atoms with Crippen molar-refractivity contribution < 1.29 is 22.4 Å². The number of Topliss-reactive ketones (excluding diaryl/α,β-unsaturated/α-hetero) is 1. The van der Waals surface area contributed by atoms with Crippen molar-refractivity contribution in [1.29, 1.82) is 0 Å². The molecule has 31 heavy (non-hydrogen) atoms. The number of halogens is 1. The normalized spacial score (nSPS) is 11.1. The lowest BCUT2D eigenvalue weighted by Crippen LogP contribution is -2.29. The van der Waals surface area contributed by atoms with Gasteiger partial charge in [0.25, 0.3) is 5.91 Å². The molecular weight excluding hydrogens is 419 g/mol. The van der Waals surface area contributed by atoms with Gasteiger partial charge in [-0.05, 0) is 61.0 Å². The molecule has 0 aliphatic heterocycles. The summed E-state index contributed by atoms with van der Waals surface area (Å²) in [6.45, 7) is 1.47. The molecule has 0 spiro atoms. The zero-order chi connectivity index (χ0) is 22.6. The van der Waals surface area contributed by atoms with Crippen LogP contribution in [-0.4, -0.2) is 26.4 Å². The first-order chi connectivity index (χ1) is 14.6. The third-order valence-electron chi connectivity index (χ3n) is 4.58. The maximum atomic E-state index is 13.1. The van der Waals surface area contributed by atoms with Gasteiger partial charge in [0.1, 0.15) is 5.82 Å². The van der Waals surface area contributed by atoms with Crippen LogP contribution >= 0.6 is 0 Å². The van der Waals surface area contributed by atoms with Crippen LogP contribution < -0.4 is 9.62 Å². The quantitative estimate of drug-likeness (QED) is 0.557. The van der Waals surface area contributed by atoms with E-state index in [1.165, 1.54) is 59.8 Å². The van der Waals surface area contributed by atoms with Crippen molar-refractivity contribution in [2.45, 2.75) is 13.5 Å². The highest BCUT2D eigenvalue weighted by atomic mass is 32.2. The standard InChI is InChI=1S/C23H21FN2O4S/c1-16(27)19-4-3-5-21(14-19)25-23(28)18-8-12-22(13-9-18)26(31(2,29)30)15-17-6-10-20(24)11-7-17/h3-14H,15H2,1-2H3,(H,25,28). The Kier molecular flexibility index (Phi) is 6.50. The minimum absolute atomic E-state index is 0.0303. The summed E-state index contributed by atoms with van der Waals surface area (Å²) in [5, 5.41) is 2.72. The number of sulfonamides is 1. The molecule has 0 heterocycles. The number of amides is 1. The van der Waals surface area contributed by atoms with Crippen LogP contribution in [-0.2, 0) is 16.6 Å². The fourth-order valence-corrected chi connectivity index (χ4v) is 3.84. The summed E-state index contributed by atoms with van der Waals surface area (Å²) in [6.07, 6.45) is 1.08. The zero-order valence-corrected chi connectivity index (χ0v) is 17.8. The van der Waals surface area contributed by atoms with Gasteiger partial charge < -0.3 is 5.32 Å². The molecule has 0 radical (unpaired) electrons. The Morgan fingerprint density at radius 2 is 1.58 bits per heavy atom. The average Bonchev–Trinajstić information content (AvgIpc) is 2.73. The second-order valence-corrected chi connectivity index (χ2v) is 8.94. The predicted molar refractivity (Wildman–Crippen MR) is 118 cm³/mol. The summed E-state index contributed by atoms with van der Waals surface area (Å²) in [5.41, 5.74) is 2.29. The van der Waals surface area contributed by atoms with Crippen LogP contribution in [0.2, 0.25) is 0 Å². The van der Waals surface area contributed by atoms with Crippen LogP contribution in [0.25, 0.3) is 0 Å². The molecule has 0 atom stereocenters. The Hall–Kier alpha value is -3.52. The van der Waals surface area contributed by atoms with Crippen molar-refractivity contribution in [2.24, 2.45) is 0 Å². The van der Waals surface area contributed by atoms with Crippen molar-refractivity contribution in [3.63, 3.8) is 0 Å². The van der Waals surface area contributed by atoms with E-state index in [0.717, 1.165) is 6.26 Å². The van der Waals surface area contributed by atoms with Crippen LogP contribution in [0.3, 0.4) is 0 Å². The Morgan fingerprint density at radius 1 is 0.935 bits per heavy atom. The van der Waals surface area contributed by atoms with Crippen molar-refractivity contribution in [2.75, 3.05) is 15.9 Å². The molecule has 160 valence electrons. The molecule has 6 nitrogen and oxygen atoms in total. The minimum Gasteiger partial charge on any atom is -0.322 e. The number of ketones is 1. The van der Waals surface area contributed by atoms with Gasteiger partial charge in [-0.15, -0.1) is 0 Å². The summed E-state index contributed by atoms with van der Waals surface area (Å²) in [6, 6.07) is 18.3. The van der Waals surface area contributed by atoms with E-state index in [-0.39, 0.29) is 12.3 Å². The highest BCUT2D eigenvalue weighted by Gasteiger charge is 2.18. The van der Waals surface area contributed by atoms with E-state index >= 15 is 0 Å². The SMILES string of the molecule is CC(=O)c1cccc(NC(=O)c2ccc(N(Cc3ccc(F)cc3)S(C)(=O)=O)cc2)c1. The first kappa shape index (κ1) is 22.2. The van der Waals surface area contributed by atoms with Gasteiger partial charge in [0.05, 0.1) is 18.5 Å².